The van der Waals surface area contributed by atoms with Crippen molar-refractivity contribution < 1.29 is 17.6 Å². The third kappa shape index (κ3) is 5.66. The number of halogens is 2. The Kier molecular flexibility index (Phi) is 8.20. The number of carbonyl (C=O) groups is 1. The van der Waals surface area contributed by atoms with Gasteiger partial charge in [-0.2, -0.15) is 0 Å². The number of benzene rings is 2. The Morgan fingerprint density at radius 1 is 1.19 bits per heavy atom. The summed E-state index contributed by atoms with van der Waals surface area (Å²) in [4.78, 5) is 14.0. The van der Waals surface area contributed by atoms with Crippen molar-refractivity contribution in [3.05, 3.63) is 59.4 Å². The minimum absolute atomic E-state index is 0. The highest BCUT2D eigenvalue weighted by Gasteiger charge is 2.21. The molecule has 0 aliphatic rings. The number of rotatable bonds is 7. The molecule has 2 rings (SSSR count). The lowest BCUT2D eigenvalue weighted by Crippen LogP contribution is -2.33. The fraction of sp³-hybridized carbons (Fsp3) is 0.278. The third-order valence-electron chi connectivity index (χ3n) is 3.89. The molecule has 0 spiro atoms. The summed E-state index contributed by atoms with van der Waals surface area (Å²) in [5.41, 5.74) is 0.647. The quantitative estimate of drug-likeness (QED) is 0.728. The normalized spacial score (nSPS) is 10.8. The monoisotopic (exact) mass is 415 g/mol. The molecule has 27 heavy (non-hydrogen) atoms. The lowest BCUT2D eigenvalue weighted by Gasteiger charge is -2.19. The number of aryl methyl sites for hydroxylation is 1. The van der Waals surface area contributed by atoms with Crippen LogP contribution in [0.25, 0.3) is 0 Å². The molecule has 0 bridgehead atoms. The summed E-state index contributed by atoms with van der Waals surface area (Å²) in [6.07, 6.45) is 0. The maximum atomic E-state index is 13.4. The van der Waals surface area contributed by atoms with Crippen LogP contribution < -0.4 is 10.0 Å². The summed E-state index contributed by atoms with van der Waals surface area (Å²) in [6, 6.07) is 9.93. The average Bonchev–Trinajstić information content (AvgIpc) is 2.61. The first-order valence-corrected chi connectivity index (χ1v) is 9.52. The standard InChI is InChI=1S/C18H22FN3O3S.ClH/c1-13-12-14(8-9-16(13)19)26(24,25)21-17-7-5-4-6-15(17)18(23)22(3)11-10-20-2;/h4-9,12,20-21H,10-11H2,1-3H3;1H. The fourth-order valence-corrected chi connectivity index (χ4v) is 3.50. The molecule has 148 valence electrons. The Labute approximate surface area is 165 Å². The lowest BCUT2D eigenvalue weighted by atomic mass is 10.1. The summed E-state index contributed by atoms with van der Waals surface area (Å²) in [6.45, 7) is 2.58. The minimum atomic E-state index is -3.95. The van der Waals surface area contributed by atoms with Gasteiger partial charge in [0.1, 0.15) is 5.82 Å². The first-order valence-electron chi connectivity index (χ1n) is 8.04. The molecular formula is C18H23ClFN3O3S. The van der Waals surface area contributed by atoms with Crippen LogP contribution in [0.4, 0.5) is 10.1 Å². The predicted octanol–water partition coefficient (Wildman–Crippen LogP) is 2.65. The molecule has 0 atom stereocenters. The second kappa shape index (κ2) is 9.68. The van der Waals surface area contributed by atoms with E-state index < -0.39 is 15.8 Å². The van der Waals surface area contributed by atoms with Crippen LogP contribution >= 0.6 is 12.4 Å². The van der Waals surface area contributed by atoms with Gasteiger partial charge in [0.2, 0.25) is 0 Å². The van der Waals surface area contributed by atoms with Crippen molar-refractivity contribution in [1.29, 1.82) is 0 Å². The van der Waals surface area contributed by atoms with Crippen LogP contribution in [0.3, 0.4) is 0 Å². The van der Waals surface area contributed by atoms with E-state index in [-0.39, 0.29) is 40.0 Å². The van der Waals surface area contributed by atoms with Crippen LogP contribution in [0.1, 0.15) is 15.9 Å². The third-order valence-corrected chi connectivity index (χ3v) is 5.25. The van der Waals surface area contributed by atoms with Crippen LogP contribution in [-0.4, -0.2) is 46.4 Å². The molecule has 6 nitrogen and oxygen atoms in total. The molecular weight excluding hydrogens is 393 g/mol. The van der Waals surface area contributed by atoms with Crippen molar-refractivity contribution in [2.45, 2.75) is 11.8 Å². The van der Waals surface area contributed by atoms with Crippen molar-refractivity contribution in [2.24, 2.45) is 0 Å². The van der Waals surface area contributed by atoms with Crippen molar-refractivity contribution in [3.63, 3.8) is 0 Å². The molecule has 0 saturated carbocycles. The van der Waals surface area contributed by atoms with Gasteiger partial charge in [0, 0.05) is 20.1 Å². The number of sulfonamides is 1. The van der Waals surface area contributed by atoms with E-state index in [4.69, 9.17) is 0 Å². The van der Waals surface area contributed by atoms with Gasteiger partial charge in [-0.25, -0.2) is 12.8 Å². The zero-order chi connectivity index (χ0) is 19.3. The van der Waals surface area contributed by atoms with Crippen LogP contribution in [0.2, 0.25) is 0 Å². The van der Waals surface area contributed by atoms with Crippen molar-refractivity contribution >= 4 is 34.0 Å². The second-order valence-corrected chi connectivity index (χ2v) is 7.57. The van der Waals surface area contributed by atoms with Gasteiger partial charge >= 0.3 is 0 Å². The van der Waals surface area contributed by atoms with E-state index in [1.807, 2.05) is 0 Å². The zero-order valence-corrected chi connectivity index (χ0v) is 17.0. The number of likely N-dealkylation sites (N-methyl/N-ethyl adjacent to an activating group) is 2. The Bertz CT molecular complexity index is 906. The van der Waals surface area contributed by atoms with E-state index in [2.05, 4.69) is 10.0 Å². The summed E-state index contributed by atoms with van der Waals surface area (Å²) in [7, 11) is -0.521. The predicted molar refractivity (Wildman–Crippen MR) is 107 cm³/mol. The number of carbonyl (C=O) groups excluding carboxylic acids is 1. The number of nitrogens with zero attached hydrogens (tertiary/aromatic N) is 1. The van der Waals surface area contributed by atoms with Gasteiger partial charge < -0.3 is 10.2 Å². The van der Waals surface area contributed by atoms with Crippen LogP contribution in [0.15, 0.2) is 47.4 Å². The molecule has 0 fully saturated rings. The highest BCUT2D eigenvalue weighted by atomic mass is 35.5. The van der Waals surface area contributed by atoms with E-state index in [0.717, 1.165) is 6.07 Å². The van der Waals surface area contributed by atoms with Crippen molar-refractivity contribution in [3.8, 4) is 0 Å². The van der Waals surface area contributed by atoms with E-state index in [9.17, 15) is 17.6 Å². The van der Waals surface area contributed by atoms with Gasteiger partial charge in [0.15, 0.2) is 0 Å². The second-order valence-electron chi connectivity index (χ2n) is 5.89. The molecule has 1 amide bonds. The van der Waals surface area contributed by atoms with Gasteiger partial charge in [-0.1, -0.05) is 12.1 Å². The van der Waals surface area contributed by atoms with Crippen LogP contribution in [-0.2, 0) is 10.0 Å². The van der Waals surface area contributed by atoms with Gasteiger partial charge in [0.25, 0.3) is 15.9 Å². The van der Waals surface area contributed by atoms with Crippen LogP contribution in [0, 0.1) is 12.7 Å². The molecule has 0 aromatic heterocycles. The fourth-order valence-electron chi connectivity index (χ4n) is 2.33. The number of nitrogens with one attached hydrogen (secondary N) is 2. The molecule has 2 aromatic rings. The summed E-state index contributed by atoms with van der Waals surface area (Å²) in [5.74, 6) is -0.778. The van der Waals surface area contributed by atoms with Crippen molar-refractivity contribution in [1.82, 2.24) is 10.2 Å². The Morgan fingerprint density at radius 3 is 2.48 bits per heavy atom. The maximum absolute atomic E-state index is 13.4. The number of amides is 1. The topological polar surface area (TPSA) is 78.5 Å². The summed E-state index contributed by atoms with van der Waals surface area (Å²) < 4.78 is 41.1. The Hall–Kier alpha value is -2.16. The molecule has 2 N–H and O–H groups in total. The molecule has 0 aliphatic carbocycles. The van der Waals surface area contributed by atoms with Gasteiger partial charge in [-0.3, -0.25) is 9.52 Å². The van der Waals surface area contributed by atoms with E-state index in [1.54, 1.807) is 32.3 Å². The van der Waals surface area contributed by atoms with E-state index in [0.29, 0.717) is 13.1 Å². The zero-order valence-electron chi connectivity index (χ0n) is 15.3. The minimum Gasteiger partial charge on any atom is -0.340 e. The molecule has 9 heteroatoms. The molecule has 2 aromatic carbocycles. The smallest absolute Gasteiger partial charge is 0.261 e. The Morgan fingerprint density at radius 2 is 1.85 bits per heavy atom. The van der Waals surface area contributed by atoms with E-state index in [1.165, 1.54) is 30.0 Å². The molecule has 0 unspecified atom stereocenters. The number of anilines is 1. The maximum Gasteiger partial charge on any atom is 0.261 e. The number of para-hydroxylation sites is 1. The average molecular weight is 416 g/mol. The lowest BCUT2D eigenvalue weighted by molar-refractivity contribution is 0.0798. The largest absolute Gasteiger partial charge is 0.340 e. The molecule has 0 aliphatic heterocycles. The number of hydrogen-bond donors (Lipinski definition) is 2. The van der Waals surface area contributed by atoms with E-state index >= 15 is 0 Å². The molecule has 0 radical (unpaired) electrons. The highest BCUT2D eigenvalue weighted by molar-refractivity contribution is 7.92. The number of hydrogen-bond acceptors (Lipinski definition) is 4. The van der Waals surface area contributed by atoms with Crippen LogP contribution in [0.5, 0.6) is 0 Å². The molecule has 0 heterocycles. The van der Waals surface area contributed by atoms with Crippen molar-refractivity contribution in [2.75, 3.05) is 31.9 Å². The van der Waals surface area contributed by atoms with Gasteiger partial charge in [0.05, 0.1) is 16.1 Å². The SMILES string of the molecule is CNCCN(C)C(=O)c1ccccc1NS(=O)(=O)c1ccc(F)c(C)c1.Cl. The summed E-state index contributed by atoms with van der Waals surface area (Å²) in [5, 5.41) is 2.95. The first kappa shape index (κ1) is 22.9. The highest BCUT2D eigenvalue weighted by Crippen LogP contribution is 2.22. The Balaban J connectivity index is 0.00000364. The summed E-state index contributed by atoms with van der Waals surface area (Å²) >= 11 is 0. The van der Waals surface area contributed by atoms with Gasteiger partial charge in [-0.05, 0) is 49.9 Å². The molecule has 0 saturated heterocycles. The first-order chi connectivity index (χ1) is 12.3. The van der Waals surface area contributed by atoms with Gasteiger partial charge in [-0.15, -0.1) is 12.4 Å².